The molecule has 0 saturated heterocycles. The van der Waals surface area contributed by atoms with Crippen molar-refractivity contribution in [2.75, 3.05) is 7.05 Å². The predicted octanol–water partition coefficient (Wildman–Crippen LogP) is 3.45. The molecule has 0 N–H and O–H groups in total. The number of nitrogens with zero attached hydrogens (tertiary/aromatic N) is 1. The number of hydrogen-bond donors (Lipinski definition) is 0. The van der Waals surface area contributed by atoms with Gasteiger partial charge in [-0.2, -0.15) is 0 Å². The van der Waals surface area contributed by atoms with Gasteiger partial charge in [-0.1, -0.05) is 24.8 Å². The maximum atomic E-state index is 11.6. The zero-order valence-corrected chi connectivity index (χ0v) is 10.9. The Balaban J connectivity index is 2.45. The van der Waals surface area contributed by atoms with Crippen molar-refractivity contribution in [3.63, 3.8) is 0 Å². The first-order valence-corrected chi connectivity index (χ1v) is 5.93. The number of likely N-dealkylation sites (N-methyl/N-ethyl adjacent to an activating group) is 1. The average Bonchev–Trinajstić information content (AvgIpc) is 2.74. The van der Waals surface area contributed by atoms with Crippen molar-refractivity contribution in [1.29, 1.82) is 0 Å². The molecule has 0 spiro atoms. The first-order chi connectivity index (χ1) is 8.56. The maximum absolute atomic E-state index is 11.6. The molecule has 2 aromatic rings. The standard InChI is InChI=1S/C15H17NO2/c1-5-14(17)16(4)11(3)15-10(2)12-8-6-7-9-13(12)18-15/h5-9,11H,1H2,2-4H3. The number of benzene rings is 1. The van der Waals surface area contributed by atoms with Gasteiger partial charge in [0.25, 0.3) is 0 Å². The lowest BCUT2D eigenvalue weighted by atomic mass is 10.1. The zero-order valence-electron chi connectivity index (χ0n) is 10.9. The van der Waals surface area contributed by atoms with Gasteiger partial charge in [-0.25, -0.2) is 0 Å². The number of carbonyl (C=O) groups excluding carboxylic acids is 1. The van der Waals surface area contributed by atoms with Crippen molar-refractivity contribution in [3.05, 3.63) is 48.2 Å². The number of furan rings is 1. The lowest BCUT2D eigenvalue weighted by Crippen LogP contribution is -2.27. The molecule has 0 aliphatic carbocycles. The molecule has 3 nitrogen and oxygen atoms in total. The largest absolute Gasteiger partial charge is 0.459 e. The van der Waals surface area contributed by atoms with E-state index in [1.54, 1.807) is 11.9 Å². The van der Waals surface area contributed by atoms with E-state index in [0.717, 1.165) is 22.3 Å². The minimum absolute atomic E-state index is 0.108. The SMILES string of the molecule is C=CC(=O)N(C)C(C)c1oc2ccccc2c1C. The minimum Gasteiger partial charge on any atom is -0.459 e. The van der Waals surface area contributed by atoms with E-state index >= 15 is 0 Å². The second-order valence-electron chi connectivity index (χ2n) is 4.42. The first kappa shape index (κ1) is 12.4. The van der Waals surface area contributed by atoms with Crippen LogP contribution in [0.25, 0.3) is 11.0 Å². The van der Waals surface area contributed by atoms with Crippen LogP contribution in [0.3, 0.4) is 0 Å². The molecule has 1 aromatic carbocycles. The van der Waals surface area contributed by atoms with E-state index in [9.17, 15) is 4.79 Å². The van der Waals surface area contributed by atoms with E-state index < -0.39 is 0 Å². The van der Waals surface area contributed by atoms with Crippen LogP contribution in [0, 0.1) is 6.92 Å². The fourth-order valence-electron chi connectivity index (χ4n) is 2.10. The number of carbonyl (C=O) groups is 1. The van der Waals surface area contributed by atoms with Crippen LogP contribution in [0.4, 0.5) is 0 Å². The van der Waals surface area contributed by atoms with E-state index in [1.807, 2.05) is 38.1 Å². The summed E-state index contributed by atoms with van der Waals surface area (Å²) in [5, 5.41) is 1.10. The summed E-state index contributed by atoms with van der Waals surface area (Å²) in [7, 11) is 1.75. The molecule has 1 aromatic heterocycles. The summed E-state index contributed by atoms with van der Waals surface area (Å²) < 4.78 is 5.85. The van der Waals surface area contributed by atoms with E-state index in [2.05, 4.69) is 6.58 Å². The van der Waals surface area contributed by atoms with Crippen LogP contribution in [0.15, 0.2) is 41.3 Å². The minimum atomic E-state index is -0.109. The Morgan fingerprint density at radius 1 is 1.44 bits per heavy atom. The van der Waals surface area contributed by atoms with E-state index in [4.69, 9.17) is 4.42 Å². The Bertz CT molecular complexity index is 598. The van der Waals surface area contributed by atoms with Crippen LogP contribution in [-0.2, 0) is 4.79 Å². The third-order valence-electron chi connectivity index (χ3n) is 3.36. The Morgan fingerprint density at radius 2 is 2.11 bits per heavy atom. The highest BCUT2D eigenvalue weighted by molar-refractivity contribution is 5.87. The molecule has 18 heavy (non-hydrogen) atoms. The van der Waals surface area contributed by atoms with Gasteiger partial charge in [0, 0.05) is 18.0 Å². The van der Waals surface area contributed by atoms with Crippen molar-refractivity contribution in [3.8, 4) is 0 Å². The first-order valence-electron chi connectivity index (χ1n) is 5.93. The highest BCUT2D eigenvalue weighted by Gasteiger charge is 2.21. The van der Waals surface area contributed by atoms with Crippen molar-refractivity contribution in [2.24, 2.45) is 0 Å². The quantitative estimate of drug-likeness (QED) is 0.774. The maximum Gasteiger partial charge on any atom is 0.246 e. The van der Waals surface area contributed by atoms with Crippen LogP contribution in [0.1, 0.15) is 24.3 Å². The van der Waals surface area contributed by atoms with E-state index in [0.29, 0.717) is 0 Å². The van der Waals surface area contributed by atoms with Gasteiger partial charge in [0.2, 0.25) is 5.91 Å². The second-order valence-corrected chi connectivity index (χ2v) is 4.42. The Kier molecular flexibility index (Phi) is 3.24. The topological polar surface area (TPSA) is 33.5 Å². The lowest BCUT2D eigenvalue weighted by Gasteiger charge is -2.22. The van der Waals surface area contributed by atoms with Gasteiger partial charge in [0.15, 0.2) is 0 Å². The van der Waals surface area contributed by atoms with Crippen molar-refractivity contribution < 1.29 is 9.21 Å². The lowest BCUT2D eigenvalue weighted by molar-refractivity contribution is -0.126. The van der Waals surface area contributed by atoms with Crippen molar-refractivity contribution in [2.45, 2.75) is 19.9 Å². The molecule has 94 valence electrons. The summed E-state index contributed by atoms with van der Waals surface area (Å²) in [6.45, 7) is 7.47. The van der Waals surface area contributed by atoms with Crippen molar-refractivity contribution in [1.82, 2.24) is 4.90 Å². The smallest absolute Gasteiger partial charge is 0.246 e. The third kappa shape index (κ3) is 1.92. The zero-order chi connectivity index (χ0) is 13.3. The Hall–Kier alpha value is -2.03. The molecule has 1 unspecified atom stereocenters. The van der Waals surface area contributed by atoms with Gasteiger partial charge in [-0.05, 0) is 26.0 Å². The van der Waals surface area contributed by atoms with Gasteiger partial charge >= 0.3 is 0 Å². The van der Waals surface area contributed by atoms with Crippen LogP contribution in [-0.4, -0.2) is 17.9 Å². The number of rotatable bonds is 3. The van der Waals surface area contributed by atoms with E-state index in [1.165, 1.54) is 6.08 Å². The molecule has 0 fully saturated rings. The summed E-state index contributed by atoms with van der Waals surface area (Å²) >= 11 is 0. The number of amides is 1. The van der Waals surface area contributed by atoms with Gasteiger partial charge < -0.3 is 9.32 Å². The van der Waals surface area contributed by atoms with Gasteiger partial charge in [0.1, 0.15) is 11.3 Å². The predicted molar refractivity (Wildman–Crippen MR) is 72.3 cm³/mol. The van der Waals surface area contributed by atoms with Crippen molar-refractivity contribution >= 4 is 16.9 Å². The summed E-state index contributed by atoms with van der Waals surface area (Å²) in [6, 6.07) is 7.78. The molecule has 2 rings (SSSR count). The monoisotopic (exact) mass is 243 g/mol. The summed E-state index contributed by atoms with van der Waals surface area (Å²) in [6.07, 6.45) is 1.31. The molecule has 0 aliphatic heterocycles. The Morgan fingerprint density at radius 3 is 2.72 bits per heavy atom. The summed E-state index contributed by atoms with van der Waals surface area (Å²) in [5.74, 6) is 0.719. The number of hydrogen-bond acceptors (Lipinski definition) is 2. The number of fused-ring (bicyclic) bond motifs is 1. The van der Waals surface area contributed by atoms with Gasteiger partial charge in [-0.15, -0.1) is 0 Å². The molecule has 0 saturated carbocycles. The highest BCUT2D eigenvalue weighted by atomic mass is 16.3. The molecule has 0 aliphatic rings. The summed E-state index contributed by atoms with van der Waals surface area (Å²) in [4.78, 5) is 13.2. The normalized spacial score (nSPS) is 12.4. The molecule has 1 heterocycles. The van der Waals surface area contributed by atoms with Crippen LogP contribution < -0.4 is 0 Å². The van der Waals surface area contributed by atoms with Crippen LogP contribution in [0.2, 0.25) is 0 Å². The number of para-hydroxylation sites is 1. The second kappa shape index (κ2) is 4.69. The molecular weight excluding hydrogens is 226 g/mol. The molecule has 0 radical (unpaired) electrons. The third-order valence-corrected chi connectivity index (χ3v) is 3.36. The van der Waals surface area contributed by atoms with Gasteiger partial charge in [0.05, 0.1) is 6.04 Å². The van der Waals surface area contributed by atoms with Gasteiger partial charge in [-0.3, -0.25) is 4.79 Å². The fourth-order valence-corrected chi connectivity index (χ4v) is 2.10. The van der Waals surface area contributed by atoms with E-state index in [-0.39, 0.29) is 11.9 Å². The molecule has 0 bridgehead atoms. The average molecular weight is 243 g/mol. The summed E-state index contributed by atoms with van der Waals surface area (Å²) in [5.41, 5.74) is 1.94. The molecule has 1 amide bonds. The molecule has 1 atom stereocenters. The fraction of sp³-hybridized carbons (Fsp3) is 0.267. The van der Waals surface area contributed by atoms with Crippen LogP contribution >= 0.6 is 0 Å². The highest BCUT2D eigenvalue weighted by Crippen LogP contribution is 2.31. The molecule has 3 heteroatoms. The number of aryl methyl sites for hydroxylation is 1. The molecular formula is C15H17NO2. The Labute approximate surface area is 107 Å². The van der Waals surface area contributed by atoms with Crippen LogP contribution in [0.5, 0.6) is 0 Å².